The maximum atomic E-state index is 12.8. The first-order chi connectivity index (χ1) is 9.27. The first kappa shape index (κ1) is 16.3. The van der Waals surface area contributed by atoms with Gasteiger partial charge in [0.1, 0.15) is 16.8 Å². The number of esters is 1. The Balaban J connectivity index is 2.87. The van der Waals surface area contributed by atoms with Gasteiger partial charge in [0.15, 0.2) is 15.6 Å². The molecule has 0 N–H and O–H groups in total. The number of hydrogen-bond donors (Lipinski definition) is 0. The minimum absolute atomic E-state index is 0.0641. The molecule has 0 saturated carbocycles. The van der Waals surface area contributed by atoms with Crippen molar-refractivity contribution in [1.29, 1.82) is 0 Å². The van der Waals surface area contributed by atoms with E-state index in [0.29, 0.717) is 0 Å². The van der Waals surface area contributed by atoms with E-state index < -0.39 is 38.4 Å². The number of ketones is 1. The zero-order chi connectivity index (χ0) is 15.3. The third-order valence-corrected chi connectivity index (χ3v) is 4.59. The highest BCUT2D eigenvalue weighted by Gasteiger charge is 2.31. The number of rotatable bonds is 6. The average Bonchev–Trinajstić information content (AvgIpc) is 2.37. The van der Waals surface area contributed by atoms with E-state index in [1.165, 1.54) is 19.1 Å². The fourth-order valence-electron chi connectivity index (χ4n) is 1.50. The first-order valence-corrected chi connectivity index (χ1v) is 7.66. The van der Waals surface area contributed by atoms with Crippen LogP contribution >= 0.6 is 0 Å². The number of hydrogen-bond acceptors (Lipinski definition) is 5. The van der Waals surface area contributed by atoms with E-state index in [1.807, 2.05) is 0 Å². The van der Waals surface area contributed by atoms with Gasteiger partial charge in [0.2, 0.25) is 0 Å². The van der Waals surface area contributed by atoms with Gasteiger partial charge in [-0.25, -0.2) is 12.8 Å². The summed E-state index contributed by atoms with van der Waals surface area (Å²) in [6.07, 6.45) is 0. The van der Waals surface area contributed by atoms with Crippen molar-refractivity contribution in [1.82, 2.24) is 0 Å². The van der Waals surface area contributed by atoms with Crippen LogP contribution in [0.15, 0.2) is 24.3 Å². The largest absolute Gasteiger partial charge is 0.465 e. The van der Waals surface area contributed by atoms with E-state index >= 15 is 0 Å². The first-order valence-electron chi connectivity index (χ1n) is 5.95. The molecule has 1 atom stereocenters. The van der Waals surface area contributed by atoms with Crippen LogP contribution in [0.5, 0.6) is 0 Å². The number of ether oxygens (including phenoxy) is 1. The van der Waals surface area contributed by atoms with Gasteiger partial charge in [0.25, 0.3) is 0 Å². The Labute approximate surface area is 116 Å². The van der Waals surface area contributed by atoms with Crippen molar-refractivity contribution in [2.24, 2.45) is 0 Å². The normalized spacial score (nSPS) is 12.8. The van der Waals surface area contributed by atoms with Crippen LogP contribution in [0.3, 0.4) is 0 Å². The maximum Gasteiger partial charge on any atom is 0.321 e. The van der Waals surface area contributed by atoms with E-state index in [2.05, 4.69) is 4.74 Å². The lowest BCUT2D eigenvalue weighted by Gasteiger charge is -2.11. The van der Waals surface area contributed by atoms with Gasteiger partial charge in [0.05, 0.1) is 6.61 Å². The standard InChI is InChI=1S/C13H15FO5S/c1-3-19-12(15)8-20(17,18)9(2)13(16)10-4-6-11(14)7-5-10/h4-7,9H,3,8H2,1-2H3. The van der Waals surface area contributed by atoms with Gasteiger partial charge in [-0.15, -0.1) is 0 Å². The lowest BCUT2D eigenvalue weighted by atomic mass is 10.1. The van der Waals surface area contributed by atoms with E-state index in [-0.39, 0.29) is 12.2 Å². The molecule has 0 fully saturated rings. The fourth-order valence-corrected chi connectivity index (χ4v) is 2.63. The minimum atomic E-state index is -3.96. The Morgan fingerprint density at radius 3 is 2.30 bits per heavy atom. The molecule has 0 saturated heterocycles. The predicted octanol–water partition coefficient (Wildman–Crippen LogP) is 1.37. The Morgan fingerprint density at radius 2 is 1.80 bits per heavy atom. The van der Waals surface area contributed by atoms with Crippen LogP contribution in [0.2, 0.25) is 0 Å². The lowest BCUT2D eigenvalue weighted by molar-refractivity contribution is -0.139. The van der Waals surface area contributed by atoms with Crippen molar-refractivity contribution >= 4 is 21.6 Å². The third kappa shape index (κ3) is 4.12. The van der Waals surface area contributed by atoms with Crippen molar-refractivity contribution in [3.8, 4) is 0 Å². The second-order valence-electron chi connectivity index (χ2n) is 4.13. The van der Waals surface area contributed by atoms with Crippen LogP contribution in [0, 0.1) is 5.82 Å². The summed E-state index contributed by atoms with van der Waals surface area (Å²) in [5.74, 6) is -2.96. The van der Waals surface area contributed by atoms with Crippen LogP contribution in [0.4, 0.5) is 4.39 Å². The highest BCUT2D eigenvalue weighted by molar-refractivity contribution is 7.93. The molecule has 1 aromatic rings. The summed E-state index contributed by atoms with van der Waals surface area (Å²) >= 11 is 0. The molecule has 0 aliphatic carbocycles. The average molecular weight is 302 g/mol. The molecule has 0 spiro atoms. The van der Waals surface area contributed by atoms with Gasteiger partial charge in [0, 0.05) is 5.56 Å². The summed E-state index contributed by atoms with van der Waals surface area (Å²) in [6.45, 7) is 2.81. The number of benzene rings is 1. The number of halogens is 1. The molecular formula is C13H15FO5S. The van der Waals surface area contributed by atoms with Gasteiger partial charge in [-0.3, -0.25) is 9.59 Å². The molecule has 7 heteroatoms. The van der Waals surface area contributed by atoms with Crippen molar-refractivity contribution in [3.63, 3.8) is 0 Å². The summed E-state index contributed by atoms with van der Waals surface area (Å²) in [6, 6.07) is 4.54. The highest BCUT2D eigenvalue weighted by Crippen LogP contribution is 2.12. The van der Waals surface area contributed by atoms with Crippen molar-refractivity contribution in [2.75, 3.05) is 12.4 Å². The summed E-state index contributed by atoms with van der Waals surface area (Å²) in [7, 11) is -3.96. The number of Topliss-reactive ketones (excluding diaryl/α,β-unsaturated/α-hetero) is 1. The lowest BCUT2D eigenvalue weighted by Crippen LogP contribution is -2.33. The number of carbonyl (C=O) groups excluding carboxylic acids is 2. The van der Waals surface area contributed by atoms with Gasteiger partial charge in [-0.1, -0.05) is 0 Å². The third-order valence-electron chi connectivity index (χ3n) is 2.66. The molecule has 1 unspecified atom stereocenters. The second-order valence-corrected chi connectivity index (χ2v) is 6.45. The SMILES string of the molecule is CCOC(=O)CS(=O)(=O)C(C)C(=O)c1ccc(F)cc1. The van der Waals surface area contributed by atoms with Gasteiger partial charge >= 0.3 is 5.97 Å². The number of sulfone groups is 1. The highest BCUT2D eigenvalue weighted by atomic mass is 32.2. The Bertz CT molecular complexity index is 592. The van der Waals surface area contributed by atoms with Crippen LogP contribution in [0.25, 0.3) is 0 Å². The van der Waals surface area contributed by atoms with Crippen LogP contribution in [-0.2, 0) is 19.4 Å². The zero-order valence-corrected chi connectivity index (χ0v) is 11.9. The molecule has 5 nitrogen and oxygen atoms in total. The molecule has 0 heterocycles. The van der Waals surface area contributed by atoms with Crippen molar-refractivity contribution in [3.05, 3.63) is 35.6 Å². The Hall–Kier alpha value is -1.76. The number of carbonyl (C=O) groups is 2. The van der Waals surface area contributed by atoms with E-state index in [1.54, 1.807) is 6.92 Å². The monoisotopic (exact) mass is 302 g/mol. The van der Waals surface area contributed by atoms with Crippen LogP contribution in [0.1, 0.15) is 24.2 Å². The summed E-state index contributed by atoms with van der Waals surface area (Å²) in [4.78, 5) is 23.2. The van der Waals surface area contributed by atoms with Crippen molar-refractivity contribution in [2.45, 2.75) is 19.1 Å². The minimum Gasteiger partial charge on any atom is -0.465 e. The quantitative estimate of drug-likeness (QED) is 0.586. The predicted molar refractivity (Wildman–Crippen MR) is 70.6 cm³/mol. The smallest absolute Gasteiger partial charge is 0.321 e. The zero-order valence-electron chi connectivity index (χ0n) is 11.1. The summed E-state index contributed by atoms with van der Waals surface area (Å²) < 4.78 is 41.1. The second kappa shape index (κ2) is 6.60. The van der Waals surface area contributed by atoms with E-state index in [4.69, 9.17) is 0 Å². The van der Waals surface area contributed by atoms with Crippen molar-refractivity contribution < 1.29 is 27.1 Å². The summed E-state index contributed by atoms with van der Waals surface area (Å²) in [5.41, 5.74) is 0.0753. The van der Waals surface area contributed by atoms with Gasteiger partial charge in [-0.2, -0.15) is 0 Å². The maximum absolute atomic E-state index is 12.8. The van der Waals surface area contributed by atoms with E-state index in [9.17, 15) is 22.4 Å². The fraction of sp³-hybridized carbons (Fsp3) is 0.385. The Morgan fingerprint density at radius 1 is 1.25 bits per heavy atom. The van der Waals surface area contributed by atoms with Gasteiger partial charge < -0.3 is 4.74 Å². The molecule has 0 amide bonds. The molecule has 0 aliphatic heterocycles. The molecule has 0 bridgehead atoms. The summed E-state index contributed by atoms with van der Waals surface area (Å²) in [5, 5.41) is -1.39. The van der Waals surface area contributed by atoms with Crippen LogP contribution in [-0.4, -0.2) is 37.8 Å². The van der Waals surface area contributed by atoms with Gasteiger partial charge in [-0.05, 0) is 38.1 Å². The molecule has 0 aliphatic rings. The molecular weight excluding hydrogens is 287 g/mol. The molecule has 110 valence electrons. The molecule has 20 heavy (non-hydrogen) atoms. The topological polar surface area (TPSA) is 77.5 Å². The Kier molecular flexibility index (Phi) is 5.38. The van der Waals surface area contributed by atoms with Crippen LogP contribution < -0.4 is 0 Å². The molecule has 1 aromatic carbocycles. The van der Waals surface area contributed by atoms with E-state index in [0.717, 1.165) is 12.1 Å². The molecule has 0 radical (unpaired) electrons. The molecule has 1 rings (SSSR count). The molecule has 0 aromatic heterocycles.